The van der Waals surface area contributed by atoms with Crippen LogP contribution < -0.4 is 5.06 Å². The minimum Gasteiger partial charge on any atom is -0.284 e. The van der Waals surface area contributed by atoms with Crippen LogP contribution in [0.3, 0.4) is 0 Å². The highest BCUT2D eigenvalue weighted by Crippen LogP contribution is 2.35. The van der Waals surface area contributed by atoms with E-state index < -0.39 is 0 Å². The Morgan fingerprint density at radius 2 is 0.719 bits per heavy atom. The fourth-order valence-electron chi connectivity index (χ4n) is 4.23. The summed E-state index contributed by atoms with van der Waals surface area (Å²) in [5, 5.41) is 12.1. The van der Waals surface area contributed by atoms with Crippen molar-refractivity contribution in [3.8, 4) is 0 Å². The Morgan fingerprint density at radius 1 is 0.438 bits per heavy atom. The molecule has 0 saturated carbocycles. The van der Waals surface area contributed by atoms with Crippen molar-refractivity contribution in [3.63, 3.8) is 0 Å². The summed E-state index contributed by atoms with van der Waals surface area (Å²) in [6, 6.07) is 37.3. The summed E-state index contributed by atoms with van der Waals surface area (Å²) in [6.07, 6.45) is 0. The van der Waals surface area contributed by atoms with Crippen molar-refractivity contribution >= 4 is 11.4 Å². The van der Waals surface area contributed by atoms with E-state index in [-0.39, 0.29) is 10.8 Å². The van der Waals surface area contributed by atoms with Crippen molar-refractivity contribution in [2.75, 3.05) is 5.06 Å². The number of benzene rings is 4. The molecule has 0 atom stereocenters. The largest absolute Gasteiger partial charge is 0.284 e. The van der Waals surface area contributed by atoms with Crippen LogP contribution in [-0.4, -0.2) is 5.21 Å². The highest BCUT2D eigenvalue weighted by molar-refractivity contribution is 5.61. The molecule has 4 aromatic carbocycles. The van der Waals surface area contributed by atoms with Gasteiger partial charge >= 0.3 is 0 Å². The fourth-order valence-corrected chi connectivity index (χ4v) is 4.23. The summed E-state index contributed by atoms with van der Waals surface area (Å²) in [7, 11) is 0. The molecule has 0 aromatic heterocycles. The van der Waals surface area contributed by atoms with Gasteiger partial charge in [-0.05, 0) is 46.5 Å². The molecule has 0 amide bonds. The lowest BCUT2D eigenvalue weighted by atomic mass is 9.78. The maximum Gasteiger partial charge on any atom is 0.0693 e. The Hall–Kier alpha value is -3.36. The average molecular weight is 422 g/mol. The number of nitrogens with zero attached hydrogens (tertiary/aromatic N) is 1. The Kier molecular flexibility index (Phi) is 5.90. The SMILES string of the molecule is CC(C)(c1ccccc1)c1ccc(N(O)c2ccc(C(C)(C)c3ccccc3)cc2)cc1. The minimum absolute atomic E-state index is 0.106. The minimum atomic E-state index is -0.106. The van der Waals surface area contributed by atoms with Gasteiger partial charge in [-0.25, -0.2) is 5.06 Å². The van der Waals surface area contributed by atoms with Gasteiger partial charge in [0.1, 0.15) is 0 Å². The first-order chi connectivity index (χ1) is 15.3. The van der Waals surface area contributed by atoms with Gasteiger partial charge in [0.25, 0.3) is 0 Å². The average Bonchev–Trinajstić information content (AvgIpc) is 2.85. The lowest BCUT2D eigenvalue weighted by molar-refractivity contribution is 0.301. The molecule has 4 aromatic rings. The summed E-state index contributed by atoms with van der Waals surface area (Å²) in [5.41, 5.74) is 6.23. The van der Waals surface area contributed by atoms with Gasteiger partial charge in [0.2, 0.25) is 0 Å². The van der Waals surface area contributed by atoms with Crippen LogP contribution in [0.4, 0.5) is 11.4 Å². The highest BCUT2D eigenvalue weighted by atomic mass is 16.5. The van der Waals surface area contributed by atoms with Crippen LogP contribution in [-0.2, 0) is 10.8 Å². The molecule has 0 radical (unpaired) electrons. The molecule has 0 bridgehead atoms. The van der Waals surface area contributed by atoms with E-state index in [0.29, 0.717) is 0 Å². The molecule has 32 heavy (non-hydrogen) atoms. The molecule has 0 aliphatic heterocycles. The summed E-state index contributed by atoms with van der Waals surface area (Å²) in [6.45, 7) is 8.89. The number of rotatable bonds is 6. The molecule has 0 saturated heterocycles. The number of hydrogen-bond donors (Lipinski definition) is 1. The van der Waals surface area contributed by atoms with Crippen molar-refractivity contribution in [1.82, 2.24) is 0 Å². The zero-order valence-corrected chi connectivity index (χ0v) is 19.3. The first-order valence-corrected chi connectivity index (χ1v) is 11.1. The Labute approximate surface area is 191 Å². The van der Waals surface area contributed by atoms with Crippen LogP contribution in [0.25, 0.3) is 0 Å². The molecule has 0 fully saturated rings. The van der Waals surface area contributed by atoms with Gasteiger partial charge in [-0.3, -0.25) is 5.21 Å². The molecule has 0 heterocycles. The van der Waals surface area contributed by atoms with Gasteiger partial charge in [-0.2, -0.15) is 0 Å². The number of anilines is 2. The third-order valence-corrected chi connectivity index (χ3v) is 6.66. The fraction of sp³-hybridized carbons (Fsp3) is 0.200. The van der Waals surface area contributed by atoms with Gasteiger partial charge < -0.3 is 0 Å². The van der Waals surface area contributed by atoms with Crippen molar-refractivity contribution < 1.29 is 5.21 Å². The molecule has 0 spiro atoms. The van der Waals surface area contributed by atoms with Gasteiger partial charge in [0.05, 0.1) is 11.4 Å². The molecule has 4 rings (SSSR count). The Morgan fingerprint density at radius 3 is 1.03 bits per heavy atom. The second-order valence-electron chi connectivity index (χ2n) is 9.39. The predicted octanol–water partition coefficient (Wildman–Crippen LogP) is 7.87. The molecule has 2 heteroatoms. The standard InChI is InChI=1S/C30H31NO/c1-29(2,23-11-7-5-8-12-23)25-15-19-27(20-16-25)31(32)28-21-17-26(18-22-28)30(3,4)24-13-9-6-10-14-24/h5-22,32H,1-4H3. The zero-order chi connectivity index (χ0) is 22.8. The van der Waals surface area contributed by atoms with E-state index in [2.05, 4.69) is 100 Å². The molecule has 1 N–H and O–H groups in total. The molecular formula is C30H31NO. The van der Waals surface area contributed by atoms with E-state index in [1.54, 1.807) is 0 Å². The van der Waals surface area contributed by atoms with E-state index in [1.165, 1.54) is 27.3 Å². The normalized spacial score (nSPS) is 11.9. The number of hydrogen-bond acceptors (Lipinski definition) is 2. The second-order valence-corrected chi connectivity index (χ2v) is 9.39. The lowest BCUT2D eigenvalue weighted by Crippen LogP contribution is -2.19. The molecule has 162 valence electrons. The van der Waals surface area contributed by atoms with Crippen LogP contribution in [0, 0.1) is 0 Å². The zero-order valence-electron chi connectivity index (χ0n) is 19.3. The summed E-state index contributed by atoms with van der Waals surface area (Å²) >= 11 is 0. The summed E-state index contributed by atoms with van der Waals surface area (Å²) < 4.78 is 0. The van der Waals surface area contributed by atoms with E-state index in [0.717, 1.165) is 11.4 Å². The van der Waals surface area contributed by atoms with Crippen LogP contribution in [0.15, 0.2) is 109 Å². The molecule has 2 nitrogen and oxygen atoms in total. The molecule has 0 aliphatic rings. The Bertz CT molecular complexity index is 1050. The van der Waals surface area contributed by atoms with Gasteiger partial charge in [-0.1, -0.05) is 113 Å². The van der Waals surface area contributed by atoms with E-state index >= 15 is 0 Å². The van der Waals surface area contributed by atoms with Gasteiger partial charge in [0.15, 0.2) is 0 Å². The first kappa shape index (κ1) is 21.9. The quantitative estimate of drug-likeness (QED) is 0.320. The maximum atomic E-state index is 10.8. The van der Waals surface area contributed by atoms with Crippen molar-refractivity contribution in [1.29, 1.82) is 0 Å². The lowest BCUT2D eigenvalue weighted by Gasteiger charge is -2.28. The van der Waals surface area contributed by atoms with Crippen molar-refractivity contribution in [2.45, 2.75) is 38.5 Å². The van der Waals surface area contributed by atoms with E-state index in [4.69, 9.17) is 0 Å². The third-order valence-electron chi connectivity index (χ3n) is 6.66. The third kappa shape index (κ3) is 4.19. The first-order valence-electron chi connectivity index (χ1n) is 11.1. The van der Waals surface area contributed by atoms with Crippen molar-refractivity contribution in [2.24, 2.45) is 0 Å². The van der Waals surface area contributed by atoms with Crippen LogP contribution >= 0.6 is 0 Å². The topological polar surface area (TPSA) is 23.5 Å². The van der Waals surface area contributed by atoms with Crippen molar-refractivity contribution in [3.05, 3.63) is 131 Å². The summed E-state index contributed by atoms with van der Waals surface area (Å²) in [5.74, 6) is 0. The van der Waals surface area contributed by atoms with Crippen LogP contribution in [0.1, 0.15) is 49.9 Å². The van der Waals surface area contributed by atoms with E-state index in [1.807, 2.05) is 36.4 Å². The van der Waals surface area contributed by atoms with Gasteiger partial charge in [0, 0.05) is 10.8 Å². The predicted molar refractivity (Wildman–Crippen MR) is 134 cm³/mol. The molecule has 0 aliphatic carbocycles. The Balaban J connectivity index is 1.54. The monoisotopic (exact) mass is 421 g/mol. The smallest absolute Gasteiger partial charge is 0.0693 e. The second kappa shape index (κ2) is 8.64. The maximum absolute atomic E-state index is 10.8. The summed E-state index contributed by atoms with van der Waals surface area (Å²) in [4.78, 5) is 0. The van der Waals surface area contributed by atoms with Gasteiger partial charge in [-0.15, -0.1) is 0 Å². The molecular weight excluding hydrogens is 390 g/mol. The van der Waals surface area contributed by atoms with E-state index in [9.17, 15) is 5.21 Å². The highest BCUT2D eigenvalue weighted by Gasteiger charge is 2.24. The van der Waals surface area contributed by atoms with Crippen LogP contribution in [0.2, 0.25) is 0 Å². The molecule has 0 unspecified atom stereocenters. The van der Waals surface area contributed by atoms with Crippen LogP contribution in [0.5, 0.6) is 0 Å².